The van der Waals surface area contributed by atoms with Crippen LogP contribution in [0.2, 0.25) is 0 Å². The number of nitrogens with zero attached hydrogens (tertiary/aromatic N) is 5. The monoisotopic (exact) mass is 396 g/mol. The number of pyridine rings is 1. The van der Waals surface area contributed by atoms with E-state index in [1.54, 1.807) is 24.5 Å². The number of amides is 1. The van der Waals surface area contributed by atoms with Crippen LogP contribution in [0.4, 0.5) is 0 Å². The molecule has 1 amide bonds. The molecule has 0 fully saturated rings. The van der Waals surface area contributed by atoms with E-state index in [4.69, 9.17) is 0 Å². The molecule has 4 aromatic heterocycles. The Morgan fingerprint density at radius 2 is 2.19 bits per heavy atom. The molecule has 0 aliphatic heterocycles. The van der Waals surface area contributed by atoms with Crippen molar-refractivity contribution in [1.82, 2.24) is 29.7 Å². The predicted molar refractivity (Wildman–Crippen MR) is 106 cm³/mol. The molecule has 7 nitrogen and oxygen atoms in total. The minimum atomic E-state index is -0.155. The number of hydrogen-bond donors (Lipinski definition) is 1. The number of hydrogen-bond acceptors (Lipinski definition) is 7. The van der Waals surface area contributed by atoms with E-state index in [0.29, 0.717) is 23.7 Å². The van der Waals surface area contributed by atoms with E-state index in [1.807, 2.05) is 40.5 Å². The van der Waals surface area contributed by atoms with Gasteiger partial charge in [-0.25, -0.2) is 0 Å². The SMILES string of the molecule is Cc1nnsc1C(=O)NCCn1ncc(-c2ccccn2)c1-c1cccs1. The maximum atomic E-state index is 12.2. The van der Waals surface area contributed by atoms with Gasteiger partial charge in [-0.3, -0.25) is 14.5 Å². The van der Waals surface area contributed by atoms with Gasteiger partial charge in [-0.2, -0.15) is 5.10 Å². The van der Waals surface area contributed by atoms with Gasteiger partial charge in [-0.15, -0.1) is 16.4 Å². The summed E-state index contributed by atoms with van der Waals surface area (Å²) in [6.07, 6.45) is 3.60. The van der Waals surface area contributed by atoms with Crippen molar-refractivity contribution >= 4 is 28.8 Å². The summed E-state index contributed by atoms with van der Waals surface area (Å²) >= 11 is 2.76. The van der Waals surface area contributed by atoms with Gasteiger partial charge in [0.05, 0.1) is 34.7 Å². The van der Waals surface area contributed by atoms with Gasteiger partial charge in [0.15, 0.2) is 0 Å². The quantitative estimate of drug-likeness (QED) is 0.541. The molecule has 0 aromatic carbocycles. The number of carbonyl (C=O) groups excluding carboxylic acids is 1. The van der Waals surface area contributed by atoms with Crippen molar-refractivity contribution in [3.05, 3.63) is 58.7 Å². The highest BCUT2D eigenvalue weighted by atomic mass is 32.1. The molecule has 0 aliphatic carbocycles. The summed E-state index contributed by atoms with van der Waals surface area (Å²) in [4.78, 5) is 18.4. The molecule has 4 rings (SSSR count). The zero-order valence-corrected chi connectivity index (χ0v) is 16.1. The predicted octanol–water partition coefficient (Wildman–Crippen LogP) is 3.26. The van der Waals surface area contributed by atoms with Crippen molar-refractivity contribution in [2.24, 2.45) is 0 Å². The van der Waals surface area contributed by atoms with Crippen molar-refractivity contribution in [1.29, 1.82) is 0 Å². The van der Waals surface area contributed by atoms with Crippen molar-refractivity contribution in [3.8, 4) is 21.8 Å². The maximum absolute atomic E-state index is 12.2. The third-order valence-corrected chi connectivity index (χ3v) is 5.71. The van der Waals surface area contributed by atoms with Gasteiger partial charge in [0.25, 0.3) is 5.91 Å². The Morgan fingerprint density at radius 1 is 1.26 bits per heavy atom. The van der Waals surface area contributed by atoms with E-state index in [2.05, 4.69) is 31.1 Å². The van der Waals surface area contributed by atoms with Crippen LogP contribution in [0.1, 0.15) is 15.4 Å². The van der Waals surface area contributed by atoms with E-state index in [0.717, 1.165) is 33.4 Å². The van der Waals surface area contributed by atoms with Crippen LogP contribution >= 0.6 is 22.9 Å². The summed E-state index contributed by atoms with van der Waals surface area (Å²) in [6, 6.07) is 9.91. The fraction of sp³-hybridized carbons (Fsp3) is 0.167. The Morgan fingerprint density at radius 3 is 2.89 bits per heavy atom. The Kier molecular flexibility index (Phi) is 5.03. The Balaban J connectivity index is 1.55. The summed E-state index contributed by atoms with van der Waals surface area (Å²) in [5, 5.41) is 13.4. The second kappa shape index (κ2) is 7.77. The number of nitrogens with one attached hydrogen (secondary N) is 1. The average Bonchev–Trinajstić information content (AvgIpc) is 3.42. The summed E-state index contributed by atoms with van der Waals surface area (Å²) in [7, 11) is 0. The molecule has 4 heterocycles. The van der Waals surface area contributed by atoms with Crippen molar-refractivity contribution in [3.63, 3.8) is 0 Å². The van der Waals surface area contributed by atoms with E-state index >= 15 is 0 Å². The normalized spacial score (nSPS) is 10.9. The van der Waals surface area contributed by atoms with Crippen molar-refractivity contribution < 1.29 is 4.79 Å². The van der Waals surface area contributed by atoms with Gasteiger partial charge < -0.3 is 5.32 Å². The smallest absolute Gasteiger partial charge is 0.265 e. The Hall–Kier alpha value is -2.91. The molecule has 0 saturated carbocycles. The first kappa shape index (κ1) is 17.5. The zero-order chi connectivity index (χ0) is 18.6. The lowest BCUT2D eigenvalue weighted by Crippen LogP contribution is -2.27. The second-order valence-electron chi connectivity index (χ2n) is 5.77. The first-order valence-corrected chi connectivity index (χ1v) is 9.97. The molecule has 0 bridgehead atoms. The van der Waals surface area contributed by atoms with Gasteiger partial charge in [0.1, 0.15) is 4.88 Å². The molecule has 1 N–H and O–H groups in total. The highest BCUT2D eigenvalue weighted by Crippen LogP contribution is 2.33. The maximum Gasteiger partial charge on any atom is 0.265 e. The van der Waals surface area contributed by atoms with Crippen molar-refractivity contribution in [2.45, 2.75) is 13.5 Å². The average molecular weight is 397 g/mol. The number of thiophene rings is 1. The number of rotatable bonds is 6. The molecule has 4 aromatic rings. The third-order valence-electron chi connectivity index (χ3n) is 4.00. The van der Waals surface area contributed by atoms with Gasteiger partial charge in [0, 0.05) is 18.3 Å². The second-order valence-corrected chi connectivity index (χ2v) is 7.47. The van der Waals surface area contributed by atoms with Gasteiger partial charge in [-0.1, -0.05) is 16.6 Å². The van der Waals surface area contributed by atoms with Gasteiger partial charge >= 0.3 is 0 Å². The molecule has 0 saturated heterocycles. The summed E-state index contributed by atoms with van der Waals surface area (Å²) in [5.74, 6) is -0.155. The summed E-state index contributed by atoms with van der Waals surface area (Å²) in [6.45, 7) is 2.79. The van der Waals surface area contributed by atoms with Gasteiger partial charge in [0.2, 0.25) is 0 Å². The summed E-state index contributed by atoms with van der Waals surface area (Å²) < 4.78 is 5.71. The molecule has 136 valence electrons. The molecular weight excluding hydrogens is 380 g/mol. The molecule has 0 unspecified atom stereocenters. The van der Waals surface area contributed by atoms with E-state index in [-0.39, 0.29) is 5.91 Å². The molecular formula is C18H16N6OS2. The number of carbonyl (C=O) groups is 1. The van der Waals surface area contributed by atoms with Crippen LogP contribution in [0.3, 0.4) is 0 Å². The third kappa shape index (κ3) is 3.64. The fourth-order valence-corrected chi connectivity index (χ4v) is 4.09. The molecule has 0 atom stereocenters. The molecule has 27 heavy (non-hydrogen) atoms. The van der Waals surface area contributed by atoms with Crippen LogP contribution in [0.5, 0.6) is 0 Å². The van der Waals surface area contributed by atoms with Crippen LogP contribution in [0.25, 0.3) is 21.8 Å². The topological polar surface area (TPSA) is 85.6 Å². The Labute approximate surface area is 163 Å². The van der Waals surface area contributed by atoms with Crippen LogP contribution in [0.15, 0.2) is 48.1 Å². The lowest BCUT2D eigenvalue weighted by Gasteiger charge is -2.09. The van der Waals surface area contributed by atoms with Crippen LogP contribution in [-0.2, 0) is 6.54 Å². The van der Waals surface area contributed by atoms with E-state index in [9.17, 15) is 4.79 Å². The lowest BCUT2D eigenvalue weighted by atomic mass is 10.1. The highest BCUT2D eigenvalue weighted by molar-refractivity contribution is 7.13. The zero-order valence-electron chi connectivity index (χ0n) is 14.5. The number of aromatic nitrogens is 5. The first-order chi connectivity index (χ1) is 13.2. The van der Waals surface area contributed by atoms with Crippen LogP contribution in [-0.4, -0.2) is 36.8 Å². The summed E-state index contributed by atoms with van der Waals surface area (Å²) in [5.41, 5.74) is 3.51. The Bertz CT molecular complexity index is 1040. The molecule has 0 spiro atoms. The molecule has 9 heteroatoms. The number of aryl methyl sites for hydroxylation is 1. The van der Waals surface area contributed by atoms with E-state index < -0.39 is 0 Å². The fourth-order valence-electron chi connectivity index (χ4n) is 2.73. The minimum Gasteiger partial charge on any atom is -0.349 e. The first-order valence-electron chi connectivity index (χ1n) is 8.32. The van der Waals surface area contributed by atoms with Gasteiger partial charge in [-0.05, 0) is 42.0 Å². The highest BCUT2D eigenvalue weighted by Gasteiger charge is 2.17. The standard InChI is InChI=1S/C18H16N6OS2/c1-12-17(27-23-22-12)18(25)20-8-9-24-16(15-6-4-10-26-15)13(11-21-24)14-5-2-3-7-19-14/h2-7,10-11H,8-9H2,1H3,(H,20,25). The van der Waals surface area contributed by atoms with E-state index in [1.165, 1.54) is 0 Å². The molecule has 0 aliphatic rings. The van der Waals surface area contributed by atoms with Crippen LogP contribution in [0, 0.1) is 6.92 Å². The van der Waals surface area contributed by atoms with Crippen LogP contribution < -0.4 is 5.32 Å². The molecule has 0 radical (unpaired) electrons. The lowest BCUT2D eigenvalue weighted by molar-refractivity contribution is 0.0955. The minimum absolute atomic E-state index is 0.155. The largest absolute Gasteiger partial charge is 0.349 e. The van der Waals surface area contributed by atoms with Crippen molar-refractivity contribution in [2.75, 3.05) is 6.54 Å².